The van der Waals surface area contributed by atoms with E-state index in [4.69, 9.17) is 0 Å². The van der Waals surface area contributed by atoms with Crippen LogP contribution in [0.5, 0.6) is 0 Å². The van der Waals surface area contributed by atoms with E-state index in [1.54, 1.807) is 24.3 Å². The summed E-state index contributed by atoms with van der Waals surface area (Å²) in [6, 6.07) is 14.5. The maximum Gasteiger partial charge on any atom is 0.288 e. The molecular formula is C16H13F2NOS2. The Kier molecular flexibility index (Phi) is 4.69. The molecule has 0 saturated heterocycles. The van der Waals surface area contributed by atoms with Crippen molar-refractivity contribution in [1.82, 2.24) is 0 Å². The molecule has 6 heteroatoms. The molecule has 0 aliphatic carbocycles. The second kappa shape index (κ2) is 6.71. The summed E-state index contributed by atoms with van der Waals surface area (Å²) in [6.45, 7) is 0. The lowest BCUT2D eigenvalue weighted by Gasteiger charge is -2.13. The highest BCUT2D eigenvalue weighted by molar-refractivity contribution is 8.01. The second-order valence-electron chi connectivity index (χ2n) is 4.78. The quantitative estimate of drug-likeness (QED) is 0.823. The molecule has 2 aromatic rings. The fourth-order valence-corrected chi connectivity index (χ4v) is 4.10. The van der Waals surface area contributed by atoms with Gasteiger partial charge in [-0.25, -0.2) is 0 Å². The van der Waals surface area contributed by atoms with E-state index in [0.29, 0.717) is 28.8 Å². The summed E-state index contributed by atoms with van der Waals surface area (Å²) in [4.78, 5) is 13.9. The molecule has 1 atom stereocenters. The summed E-state index contributed by atoms with van der Waals surface area (Å²) >= 11 is 1.96. The van der Waals surface area contributed by atoms with Crippen molar-refractivity contribution in [2.24, 2.45) is 0 Å². The molecule has 1 aliphatic rings. The van der Waals surface area contributed by atoms with Crippen LogP contribution in [0.15, 0.2) is 58.3 Å². The molecule has 0 fully saturated rings. The van der Waals surface area contributed by atoms with Gasteiger partial charge in [0.15, 0.2) is 0 Å². The smallest absolute Gasteiger partial charge is 0.288 e. The van der Waals surface area contributed by atoms with Crippen LogP contribution in [0, 0.1) is 0 Å². The minimum Gasteiger partial charge on any atom is -0.324 e. The van der Waals surface area contributed by atoms with Gasteiger partial charge in [-0.3, -0.25) is 4.79 Å². The molecule has 1 aliphatic heterocycles. The van der Waals surface area contributed by atoms with Crippen LogP contribution in [-0.2, 0) is 11.2 Å². The Hall–Kier alpha value is -1.53. The average molecular weight is 337 g/mol. The van der Waals surface area contributed by atoms with Gasteiger partial charge in [-0.2, -0.15) is 8.78 Å². The molecule has 1 heterocycles. The number of hydrogen-bond donors (Lipinski definition) is 1. The predicted octanol–water partition coefficient (Wildman–Crippen LogP) is 4.66. The third-order valence-electron chi connectivity index (χ3n) is 3.30. The Balaban J connectivity index is 1.71. The molecule has 22 heavy (non-hydrogen) atoms. The number of nitrogens with one attached hydrogen (secondary N) is 1. The molecule has 0 saturated carbocycles. The number of carbonyl (C=O) groups excluding carboxylic acids is 1. The highest BCUT2D eigenvalue weighted by atomic mass is 32.2. The second-order valence-corrected chi connectivity index (χ2v) is 7.06. The molecule has 2 nitrogen and oxygen atoms in total. The van der Waals surface area contributed by atoms with Gasteiger partial charge in [0.1, 0.15) is 0 Å². The molecule has 114 valence electrons. The van der Waals surface area contributed by atoms with E-state index in [1.807, 2.05) is 24.3 Å². The van der Waals surface area contributed by atoms with Crippen molar-refractivity contribution >= 4 is 35.1 Å². The molecule has 1 N–H and O–H groups in total. The lowest BCUT2D eigenvalue weighted by Crippen LogP contribution is -2.24. The zero-order valence-corrected chi connectivity index (χ0v) is 13.1. The van der Waals surface area contributed by atoms with Gasteiger partial charge in [-0.1, -0.05) is 42.1 Å². The zero-order chi connectivity index (χ0) is 15.5. The third kappa shape index (κ3) is 3.44. The molecule has 3 rings (SSSR count). The first-order valence-electron chi connectivity index (χ1n) is 6.73. The van der Waals surface area contributed by atoms with E-state index < -0.39 is 5.76 Å². The monoisotopic (exact) mass is 337 g/mol. The van der Waals surface area contributed by atoms with Gasteiger partial charge in [0.2, 0.25) is 5.91 Å². The SMILES string of the molecule is O=C(Nc1ccccc1SC(F)F)C1Cc2ccccc2S1. The van der Waals surface area contributed by atoms with Gasteiger partial charge in [0, 0.05) is 9.79 Å². The summed E-state index contributed by atoms with van der Waals surface area (Å²) in [5.41, 5.74) is 1.59. The summed E-state index contributed by atoms with van der Waals surface area (Å²) in [5, 5.41) is 2.56. The topological polar surface area (TPSA) is 29.1 Å². The minimum absolute atomic E-state index is 0.150. The summed E-state index contributed by atoms with van der Waals surface area (Å²) < 4.78 is 25.1. The first kappa shape index (κ1) is 15.4. The number of anilines is 1. The van der Waals surface area contributed by atoms with Crippen molar-refractivity contribution in [3.63, 3.8) is 0 Å². The van der Waals surface area contributed by atoms with Crippen LogP contribution in [0.1, 0.15) is 5.56 Å². The third-order valence-corrected chi connectivity index (χ3v) is 5.41. The molecule has 0 radical (unpaired) electrons. The number of amides is 1. The standard InChI is InChI=1S/C16H13F2NOS2/c17-16(18)22-13-8-4-2-6-11(13)19-15(20)14-9-10-5-1-3-7-12(10)21-14/h1-8,14,16H,9H2,(H,19,20). The van der Waals surface area contributed by atoms with Crippen LogP contribution >= 0.6 is 23.5 Å². The predicted molar refractivity (Wildman–Crippen MR) is 86.7 cm³/mol. The van der Waals surface area contributed by atoms with Crippen molar-refractivity contribution in [2.45, 2.75) is 27.2 Å². The van der Waals surface area contributed by atoms with E-state index in [-0.39, 0.29) is 11.2 Å². The molecule has 1 unspecified atom stereocenters. The lowest BCUT2D eigenvalue weighted by molar-refractivity contribution is -0.115. The van der Waals surface area contributed by atoms with Gasteiger partial charge in [0.05, 0.1) is 10.9 Å². The van der Waals surface area contributed by atoms with Crippen molar-refractivity contribution in [2.75, 3.05) is 5.32 Å². The first-order chi connectivity index (χ1) is 10.6. The molecule has 0 aromatic heterocycles. The normalized spacial score (nSPS) is 16.6. The number of hydrogen-bond acceptors (Lipinski definition) is 3. The van der Waals surface area contributed by atoms with Crippen molar-refractivity contribution in [1.29, 1.82) is 0 Å². The van der Waals surface area contributed by atoms with Crippen LogP contribution in [0.4, 0.5) is 14.5 Å². The fraction of sp³-hybridized carbons (Fsp3) is 0.188. The summed E-state index contributed by atoms with van der Waals surface area (Å²) in [7, 11) is 0. The Bertz CT molecular complexity index is 668. The van der Waals surface area contributed by atoms with Crippen LogP contribution in [0.25, 0.3) is 0 Å². The zero-order valence-electron chi connectivity index (χ0n) is 11.5. The molecule has 0 spiro atoms. The van der Waals surface area contributed by atoms with E-state index >= 15 is 0 Å². The maximum atomic E-state index is 12.6. The minimum atomic E-state index is -2.51. The van der Waals surface area contributed by atoms with Gasteiger partial charge < -0.3 is 5.32 Å². The Morgan fingerprint density at radius 3 is 2.68 bits per heavy atom. The molecule has 0 bridgehead atoms. The number of rotatable bonds is 4. The Morgan fingerprint density at radius 2 is 1.91 bits per heavy atom. The number of thioether (sulfide) groups is 2. The van der Waals surface area contributed by atoms with Crippen molar-refractivity contribution in [3.05, 3.63) is 54.1 Å². The van der Waals surface area contributed by atoms with E-state index in [9.17, 15) is 13.6 Å². The number of halogens is 2. The van der Waals surface area contributed by atoms with E-state index in [2.05, 4.69) is 5.32 Å². The van der Waals surface area contributed by atoms with Crippen molar-refractivity contribution < 1.29 is 13.6 Å². The van der Waals surface area contributed by atoms with Gasteiger partial charge >= 0.3 is 0 Å². The Morgan fingerprint density at radius 1 is 1.18 bits per heavy atom. The molecule has 1 amide bonds. The Labute approximate surface area is 135 Å². The van der Waals surface area contributed by atoms with Crippen LogP contribution < -0.4 is 5.32 Å². The van der Waals surface area contributed by atoms with Crippen LogP contribution in [0.3, 0.4) is 0 Å². The van der Waals surface area contributed by atoms with Crippen LogP contribution in [-0.4, -0.2) is 16.9 Å². The lowest BCUT2D eigenvalue weighted by atomic mass is 10.1. The number of para-hydroxylation sites is 1. The summed E-state index contributed by atoms with van der Waals surface area (Å²) in [6.07, 6.45) is 0.664. The largest absolute Gasteiger partial charge is 0.324 e. The molecule has 2 aromatic carbocycles. The number of benzene rings is 2. The maximum absolute atomic E-state index is 12.6. The molecular weight excluding hydrogens is 324 g/mol. The van der Waals surface area contributed by atoms with Gasteiger partial charge in [-0.15, -0.1) is 11.8 Å². The van der Waals surface area contributed by atoms with Gasteiger partial charge in [0.25, 0.3) is 5.76 Å². The first-order valence-corrected chi connectivity index (χ1v) is 8.48. The fourth-order valence-electron chi connectivity index (χ4n) is 2.31. The highest BCUT2D eigenvalue weighted by Gasteiger charge is 2.28. The van der Waals surface area contributed by atoms with E-state index in [1.165, 1.54) is 11.8 Å². The highest BCUT2D eigenvalue weighted by Crippen LogP contribution is 2.38. The van der Waals surface area contributed by atoms with Crippen LogP contribution in [0.2, 0.25) is 0 Å². The number of carbonyl (C=O) groups is 1. The van der Waals surface area contributed by atoms with Crippen molar-refractivity contribution in [3.8, 4) is 0 Å². The summed E-state index contributed by atoms with van der Waals surface area (Å²) in [5.74, 6) is -2.66. The number of alkyl halides is 2. The number of fused-ring (bicyclic) bond motifs is 1. The van der Waals surface area contributed by atoms with E-state index in [0.717, 1.165) is 10.5 Å². The van der Waals surface area contributed by atoms with Gasteiger partial charge in [-0.05, 0) is 30.2 Å². The average Bonchev–Trinajstić information content (AvgIpc) is 2.93.